The number of hydrogen-bond donors (Lipinski definition) is 2. The molecule has 2 rings (SSSR count). The van der Waals surface area contributed by atoms with Gasteiger partial charge in [-0.15, -0.1) is 0 Å². The Labute approximate surface area is 149 Å². The second kappa shape index (κ2) is 8.30. The van der Waals surface area contributed by atoms with Crippen molar-refractivity contribution in [2.24, 2.45) is 5.41 Å². The Morgan fingerprint density at radius 1 is 1.32 bits per heavy atom. The van der Waals surface area contributed by atoms with Crippen molar-refractivity contribution in [1.29, 1.82) is 0 Å². The number of aryl methyl sites for hydroxylation is 2. The summed E-state index contributed by atoms with van der Waals surface area (Å²) < 4.78 is 5.73. The molecule has 0 bridgehead atoms. The number of nitrogens with one attached hydrogen (secondary N) is 1. The van der Waals surface area contributed by atoms with E-state index in [-0.39, 0.29) is 17.4 Å². The van der Waals surface area contributed by atoms with Crippen LogP contribution >= 0.6 is 0 Å². The van der Waals surface area contributed by atoms with Gasteiger partial charge in [0, 0.05) is 24.9 Å². The molecule has 1 amide bonds. The fourth-order valence-corrected chi connectivity index (χ4v) is 2.80. The zero-order chi connectivity index (χ0) is 18.4. The SMILES string of the molecule is Cc1ccc(-c2cnc(CCC(=O)NCC(C)(C)CC(C)O)o2)cc1. The highest BCUT2D eigenvalue weighted by atomic mass is 16.4. The molecule has 0 saturated carbocycles. The van der Waals surface area contributed by atoms with Gasteiger partial charge in [-0.25, -0.2) is 4.98 Å². The van der Waals surface area contributed by atoms with Crippen LogP contribution < -0.4 is 5.32 Å². The van der Waals surface area contributed by atoms with Gasteiger partial charge in [-0.3, -0.25) is 4.79 Å². The number of hydrogen-bond acceptors (Lipinski definition) is 4. The van der Waals surface area contributed by atoms with E-state index in [1.807, 2.05) is 45.0 Å². The predicted octanol–water partition coefficient (Wildman–Crippen LogP) is 3.50. The molecule has 1 atom stereocenters. The van der Waals surface area contributed by atoms with E-state index in [1.165, 1.54) is 5.56 Å². The summed E-state index contributed by atoms with van der Waals surface area (Å²) in [5, 5.41) is 12.4. The highest BCUT2D eigenvalue weighted by molar-refractivity contribution is 5.76. The van der Waals surface area contributed by atoms with Gasteiger partial charge in [0.15, 0.2) is 11.7 Å². The number of aliphatic hydroxyl groups excluding tert-OH is 1. The molecule has 1 unspecified atom stereocenters. The van der Waals surface area contributed by atoms with Crippen LogP contribution in [0.4, 0.5) is 0 Å². The maximum atomic E-state index is 12.0. The van der Waals surface area contributed by atoms with Crippen LogP contribution in [0, 0.1) is 12.3 Å². The second-order valence-electron chi connectivity index (χ2n) is 7.48. The number of amides is 1. The van der Waals surface area contributed by atoms with E-state index in [0.717, 1.165) is 5.56 Å². The summed E-state index contributed by atoms with van der Waals surface area (Å²) in [6.45, 7) is 8.40. The third-order valence-corrected chi connectivity index (χ3v) is 4.07. The van der Waals surface area contributed by atoms with Crippen LogP contribution in [0.1, 0.15) is 45.1 Å². The zero-order valence-corrected chi connectivity index (χ0v) is 15.5. The van der Waals surface area contributed by atoms with Crippen LogP contribution in [0.15, 0.2) is 34.9 Å². The average molecular weight is 344 g/mol. The van der Waals surface area contributed by atoms with Gasteiger partial charge in [-0.2, -0.15) is 0 Å². The molecule has 1 aromatic heterocycles. The van der Waals surface area contributed by atoms with Crippen LogP contribution in [0.25, 0.3) is 11.3 Å². The highest BCUT2D eigenvalue weighted by Gasteiger charge is 2.21. The van der Waals surface area contributed by atoms with Crippen LogP contribution in [0.2, 0.25) is 0 Å². The highest BCUT2D eigenvalue weighted by Crippen LogP contribution is 2.22. The minimum absolute atomic E-state index is 0.0336. The first-order chi connectivity index (χ1) is 11.7. The number of benzene rings is 1. The topological polar surface area (TPSA) is 75.4 Å². The van der Waals surface area contributed by atoms with Gasteiger partial charge in [0.1, 0.15) is 0 Å². The number of rotatable bonds is 8. The summed E-state index contributed by atoms with van der Waals surface area (Å²) in [6.07, 6.45) is 2.77. The Hall–Kier alpha value is -2.14. The predicted molar refractivity (Wildman–Crippen MR) is 98.1 cm³/mol. The molecule has 0 aliphatic carbocycles. The van der Waals surface area contributed by atoms with Gasteiger partial charge in [-0.1, -0.05) is 43.7 Å². The van der Waals surface area contributed by atoms with Crippen molar-refractivity contribution in [2.45, 2.75) is 53.1 Å². The molecule has 0 aliphatic heterocycles. The summed E-state index contributed by atoms with van der Waals surface area (Å²) in [7, 11) is 0. The van der Waals surface area contributed by atoms with Gasteiger partial charge >= 0.3 is 0 Å². The van der Waals surface area contributed by atoms with Crippen molar-refractivity contribution in [3.8, 4) is 11.3 Å². The van der Waals surface area contributed by atoms with Gasteiger partial charge in [0.25, 0.3) is 0 Å². The molecule has 0 fully saturated rings. The maximum Gasteiger partial charge on any atom is 0.220 e. The van der Waals surface area contributed by atoms with Crippen LogP contribution in [0.3, 0.4) is 0 Å². The van der Waals surface area contributed by atoms with Crippen LogP contribution in [-0.4, -0.2) is 28.6 Å². The van der Waals surface area contributed by atoms with Crippen molar-refractivity contribution in [2.75, 3.05) is 6.54 Å². The largest absolute Gasteiger partial charge is 0.441 e. The molecule has 5 nitrogen and oxygen atoms in total. The summed E-state index contributed by atoms with van der Waals surface area (Å²) in [6, 6.07) is 8.05. The lowest BCUT2D eigenvalue weighted by Crippen LogP contribution is -2.35. The first-order valence-electron chi connectivity index (χ1n) is 8.72. The molecule has 1 heterocycles. The van der Waals surface area contributed by atoms with Crippen molar-refractivity contribution < 1.29 is 14.3 Å². The standard InChI is InChI=1S/C20H28N2O3/c1-14-5-7-16(8-6-14)17-12-21-19(25-17)10-9-18(24)22-13-20(3,4)11-15(2)23/h5-8,12,15,23H,9-11,13H2,1-4H3,(H,22,24). The Balaban J connectivity index is 1.81. The van der Waals surface area contributed by atoms with E-state index in [1.54, 1.807) is 13.1 Å². The number of carbonyl (C=O) groups excluding carboxylic acids is 1. The van der Waals surface area contributed by atoms with Crippen molar-refractivity contribution in [1.82, 2.24) is 10.3 Å². The van der Waals surface area contributed by atoms with Crippen LogP contribution in [-0.2, 0) is 11.2 Å². The third kappa shape index (κ3) is 6.35. The smallest absolute Gasteiger partial charge is 0.220 e. The summed E-state index contributed by atoms with van der Waals surface area (Å²) in [5.41, 5.74) is 2.04. The van der Waals surface area contributed by atoms with E-state index < -0.39 is 0 Å². The Bertz CT molecular complexity index is 687. The van der Waals surface area contributed by atoms with E-state index in [9.17, 15) is 9.90 Å². The molecule has 5 heteroatoms. The van der Waals surface area contributed by atoms with Crippen molar-refractivity contribution in [3.63, 3.8) is 0 Å². The number of aliphatic hydroxyl groups is 1. The zero-order valence-electron chi connectivity index (χ0n) is 15.5. The summed E-state index contributed by atoms with van der Waals surface area (Å²) in [5.74, 6) is 1.25. The molecule has 1 aromatic carbocycles. The minimum atomic E-state index is -0.376. The quantitative estimate of drug-likeness (QED) is 0.768. The molecule has 0 saturated heterocycles. The molecule has 25 heavy (non-hydrogen) atoms. The Kier molecular flexibility index (Phi) is 6.37. The second-order valence-corrected chi connectivity index (χ2v) is 7.48. The number of oxazole rings is 1. The number of nitrogens with zero attached hydrogens (tertiary/aromatic N) is 1. The molecule has 0 aliphatic rings. The van der Waals surface area contributed by atoms with Crippen molar-refractivity contribution >= 4 is 5.91 Å². The monoisotopic (exact) mass is 344 g/mol. The van der Waals surface area contributed by atoms with E-state index in [2.05, 4.69) is 10.3 Å². The first-order valence-corrected chi connectivity index (χ1v) is 8.72. The summed E-state index contributed by atoms with van der Waals surface area (Å²) in [4.78, 5) is 16.3. The molecule has 2 aromatic rings. The molecule has 2 N–H and O–H groups in total. The fraction of sp³-hybridized carbons (Fsp3) is 0.500. The first kappa shape index (κ1) is 19.2. The number of aromatic nitrogens is 1. The van der Waals surface area contributed by atoms with Gasteiger partial charge in [0.05, 0.1) is 12.3 Å². The Morgan fingerprint density at radius 2 is 2.00 bits per heavy atom. The van der Waals surface area contributed by atoms with E-state index in [4.69, 9.17) is 4.42 Å². The lowest BCUT2D eigenvalue weighted by molar-refractivity contribution is -0.121. The Morgan fingerprint density at radius 3 is 2.64 bits per heavy atom. The molecule has 0 spiro atoms. The van der Waals surface area contributed by atoms with Gasteiger partial charge in [-0.05, 0) is 25.7 Å². The van der Waals surface area contributed by atoms with Crippen molar-refractivity contribution in [3.05, 3.63) is 41.9 Å². The van der Waals surface area contributed by atoms with Gasteiger partial charge < -0.3 is 14.8 Å². The lowest BCUT2D eigenvalue weighted by atomic mass is 9.87. The van der Waals surface area contributed by atoms with E-state index in [0.29, 0.717) is 37.5 Å². The normalized spacial score (nSPS) is 12.8. The summed E-state index contributed by atoms with van der Waals surface area (Å²) >= 11 is 0. The van der Waals surface area contributed by atoms with E-state index >= 15 is 0 Å². The molecule has 0 radical (unpaired) electrons. The molecular weight excluding hydrogens is 316 g/mol. The third-order valence-electron chi connectivity index (χ3n) is 4.07. The lowest BCUT2D eigenvalue weighted by Gasteiger charge is -2.26. The van der Waals surface area contributed by atoms with Crippen LogP contribution in [0.5, 0.6) is 0 Å². The number of carbonyl (C=O) groups is 1. The maximum absolute atomic E-state index is 12.0. The fourth-order valence-electron chi connectivity index (χ4n) is 2.80. The molecular formula is C20H28N2O3. The van der Waals surface area contributed by atoms with Gasteiger partial charge in [0.2, 0.25) is 5.91 Å². The minimum Gasteiger partial charge on any atom is -0.441 e. The average Bonchev–Trinajstić information content (AvgIpc) is 2.99. The molecule has 136 valence electrons.